The standard InChI is InChI=1S/C26H29N7O4S/c1-37-25-21(14-20(17-29-25)18-10-13-33-23(15-18)30-26(27)31-33)24(34)28-16-19-8-4-5-9-22(19)38(35,36)32-11-6-2-3-7-12-32/h4-5,8-10,13-15,17H,2-3,6-7,11-12,16H2,1H3,(H2,27,31)(H,28,34). The van der Waals surface area contributed by atoms with E-state index < -0.39 is 15.9 Å². The number of hydrogen-bond donors (Lipinski definition) is 2. The third-order valence-corrected chi connectivity index (χ3v) is 8.57. The molecule has 1 aliphatic heterocycles. The first-order chi connectivity index (χ1) is 18.4. The zero-order chi connectivity index (χ0) is 26.7. The van der Waals surface area contributed by atoms with Crippen molar-refractivity contribution in [3.05, 3.63) is 66.0 Å². The minimum atomic E-state index is -3.68. The third kappa shape index (κ3) is 5.18. The smallest absolute Gasteiger partial charge is 0.257 e. The van der Waals surface area contributed by atoms with Crippen molar-refractivity contribution < 1.29 is 17.9 Å². The van der Waals surface area contributed by atoms with Gasteiger partial charge in [0.1, 0.15) is 5.56 Å². The number of benzene rings is 1. The number of carbonyl (C=O) groups is 1. The summed E-state index contributed by atoms with van der Waals surface area (Å²) in [5.74, 6) is -0.122. The minimum absolute atomic E-state index is 0.0282. The van der Waals surface area contributed by atoms with Crippen molar-refractivity contribution >= 4 is 27.5 Å². The number of nitrogens with zero attached hydrogens (tertiary/aromatic N) is 5. The van der Waals surface area contributed by atoms with Gasteiger partial charge in [0.25, 0.3) is 5.91 Å². The molecule has 1 amide bonds. The van der Waals surface area contributed by atoms with Gasteiger partial charge in [0.15, 0.2) is 5.65 Å². The summed E-state index contributed by atoms with van der Waals surface area (Å²) in [6.07, 6.45) is 7.07. The summed E-state index contributed by atoms with van der Waals surface area (Å²) in [4.78, 5) is 22.0. The summed E-state index contributed by atoms with van der Waals surface area (Å²) in [5, 5.41) is 6.92. The number of nitrogens with one attached hydrogen (secondary N) is 1. The van der Waals surface area contributed by atoms with Crippen LogP contribution in [0.25, 0.3) is 16.8 Å². The van der Waals surface area contributed by atoms with Crippen LogP contribution in [0.2, 0.25) is 0 Å². The van der Waals surface area contributed by atoms with Crippen molar-refractivity contribution in [3.8, 4) is 17.0 Å². The topological polar surface area (TPSA) is 145 Å². The van der Waals surface area contributed by atoms with Crippen LogP contribution in [-0.2, 0) is 16.6 Å². The highest BCUT2D eigenvalue weighted by Gasteiger charge is 2.27. The highest BCUT2D eigenvalue weighted by molar-refractivity contribution is 7.89. The van der Waals surface area contributed by atoms with Crippen LogP contribution in [0, 0.1) is 0 Å². The summed E-state index contributed by atoms with van der Waals surface area (Å²) in [7, 11) is -2.24. The predicted octanol–water partition coefficient (Wildman–Crippen LogP) is 2.88. The van der Waals surface area contributed by atoms with Crippen LogP contribution in [0.15, 0.2) is 59.8 Å². The van der Waals surface area contributed by atoms with Gasteiger partial charge in [-0.15, -0.1) is 5.10 Å². The second-order valence-electron chi connectivity index (χ2n) is 9.08. The van der Waals surface area contributed by atoms with Crippen molar-refractivity contribution in [3.63, 3.8) is 0 Å². The number of amides is 1. The van der Waals surface area contributed by atoms with E-state index in [9.17, 15) is 13.2 Å². The number of methoxy groups -OCH3 is 1. The Labute approximate surface area is 220 Å². The summed E-state index contributed by atoms with van der Waals surface area (Å²) in [6.45, 7) is 1.04. The number of rotatable bonds is 7. The maximum Gasteiger partial charge on any atom is 0.257 e. The van der Waals surface area contributed by atoms with E-state index in [1.54, 1.807) is 57.6 Å². The van der Waals surface area contributed by atoms with Gasteiger partial charge in [-0.3, -0.25) is 4.79 Å². The molecule has 3 N–H and O–H groups in total. The zero-order valence-corrected chi connectivity index (χ0v) is 21.8. The zero-order valence-electron chi connectivity index (χ0n) is 21.0. The van der Waals surface area contributed by atoms with E-state index >= 15 is 0 Å². The third-order valence-electron chi connectivity index (χ3n) is 6.57. The molecule has 12 heteroatoms. The number of hydrogen-bond acceptors (Lipinski definition) is 8. The van der Waals surface area contributed by atoms with E-state index in [-0.39, 0.29) is 28.8 Å². The molecule has 0 aliphatic carbocycles. The summed E-state index contributed by atoms with van der Waals surface area (Å²) in [5.41, 5.74) is 8.42. The Hall–Kier alpha value is -4.03. The van der Waals surface area contributed by atoms with E-state index in [1.165, 1.54) is 7.11 Å². The molecular weight excluding hydrogens is 506 g/mol. The largest absolute Gasteiger partial charge is 0.480 e. The van der Waals surface area contributed by atoms with Gasteiger partial charge in [0, 0.05) is 37.6 Å². The molecule has 1 fully saturated rings. The van der Waals surface area contributed by atoms with Gasteiger partial charge in [-0.2, -0.15) is 9.29 Å². The van der Waals surface area contributed by atoms with Gasteiger partial charge in [-0.05, 0) is 48.2 Å². The number of ether oxygens (including phenoxy) is 1. The fraction of sp³-hybridized carbons (Fsp3) is 0.308. The molecule has 4 aromatic rings. The molecule has 0 saturated carbocycles. The Balaban J connectivity index is 1.39. The van der Waals surface area contributed by atoms with Crippen LogP contribution in [0.3, 0.4) is 0 Å². The highest BCUT2D eigenvalue weighted by Crippen LogP contribution is 2.26. The average molecular weight is 536 g/mol. The number of anilines is 1. The Morgan fingerprint density at radius 3 is 2.61 bits per heavy atom. The van der Waals surface area contributed by atoms with Crippen molar-refractivity contribution in [1.29, 1.82) is 0 Å². The van der Waals surface area contributed by atoms with Gasteiger partial charge < -0.3 is 15.8 Å². The van der Waals surface area contributed by atoms with E-state index in [1.807, 2.05) is 6.07 Å². The minimum Gasteiger partial charge on any atom is -0.480 e. The number of nitrogen functional groups attached to an aromatic ring is 1. The summed E-state index contributed by atoms with van der Waals surface area (Å²) in [6, 6.07) is 12.1. The fourth-order valence-electron chi connectivity index (χ4n) is 4.61. The summed E-state index contributed by atoms with van der Waals surface area (Å²) < 4.78 is 35.3. The van der Waals surface area contributed by atoms with E-state index in [2.05, 4.69) is 20.4 Å². The Kier molecular flexibility index (Phi) is 7.25. The molecule has 5 rings (SSSR count). The Morgan fingerprint density at radius 1 is 1.08 bits per heavy atom. The van der Waals surface area contributed by atoms with Crippen molar-refractivity contribution in [2.75, 3.05) is 25.9 Å². The second kappa shape index (κ2) is 10.8. The summed E-state index contributed by atoms with van der Waals surface area (Å²) >= 11 is 0. The van der Waals surface area contributed by atoms with Gasteiger partial charge in [-0.1, -0.05) is 31.0 Å². The molecule has 1 saturated heterocycles. The molecule has 0 unspecified atom stereocenters. The molecule has 1 aromatic carbocycles. The lowest BCUT2D eigenvalue weighted by molar-refractivity contribution is 0.0946. The van der Waals surface area contributed by atoms with Gasteiger partial charge in [0.2, 0.25) is 21.9 Å². The van der Waals surface area contributed by atoms with Gasteiger partial charge in [-0.25, -0.2) is 17.9 Å². The number of pyridine rings is 2. The SMILES string of the molecule is COc1ncc(-c2ccn3nc(N)nc3c2)cc1C(=O)NCc1ccccc1S(=O)(=O)N1CCCCCC1. The van der Waals surface area contributed by atoms with E-state index in [0.29, 0.717) is 29.9 Å². The molecule has 0 bridgehead atoms. The molecule has 38 heavy (non-hydrogen) atoms. The van der Waals surface area contributed by atoms with Crippen molar-refractivity contribution in [2.45, 2.75) is 37.1 Å². The van der Waals surface area contributed by atoms with Crippen LogP contribution in [-0.4, -0.2) is 58.4 Å². The quantitative estimate of drug-likeness (QED) is 0.368. The Bertz CT molecular complexity index is 1580. The average Bonchev–Trinajstić information content (AvgIpc) is 3.10. The molecule has 11 nitrogen and oxygen atoms in total. The lowest BCUT2D eigenvalue weighted by atomic mass is 10.1. The van der Waals surface area contributed by atoms with Gasteiger partial charge >= 0.3 is 0 Å². The normalized spacial score (nSPS) is 14.8. The Morgan fingerprint density at radius 2 is 1.84 bits per heavy atom. The first kappa shape index (κ1) is 25.6. The molecule has 0 atom stereocenters. The van der Waals surface area contributed by atoms with Crippen LogP contribution in [0.5, 0.6) is 5.88 Å². The number of carbonyl (C=O) groups excluding carboxylic acids is 1. The lowest BCUT2D eigenvalue weighted by Crippen LogP contribution is -2.33. The van der Waals surface area contributed by atoms with Crippen LogP contribution in [0.4, 0.5) is 5.95 Å². The second-order valence-corrected chi connectivity index (χ2v) is 11.0. The number of sulfonamides is 1. The number of aromatic nitrogens is 4. The first-order valence-corrected chi connectivity index (χ1v) is 13.8. The maximum atomic E-state index is 13.4. The monoisotopic (exact) mass is 535 g/mol. The number of fused-ring (bicyclic) bond motifs is 1. The first-order valence-electron chi connectivity index (χ1n) is 12.4. The fourth-order valence-corrected chi connectivity index (χ4v) is 6.35. The van der Waals surface area contributed by atoms with Gasteiger partial charge in [0.05, 0.1) is 12.0 Å². The molecule has 0 spiro atoms. The number of nitrogens with two attached hydrogens (primary N) is 1. The molecule has 1 aliphatic rings. The molecule has 4 heterocycles. The molecule has 198 valence electrons. The van der Waals surface area contributed by atoms with Crippen LogP contribution < -0.4 is 15.8 Å². The molecule has 3 aromatic heterocycles. The van der Waals surface area contributed by atoms with Crippen molar-refractivity contribution in [1.82, 2.24) is 29.2 Å². The molecular formula is C26H29N7O4S. The molecule has 0 radical (unpaired) electrons. The van der Waals surface area contributed by atoms with Crippen LogP contribution >= 0.6 is 0 Å². The van der Waals surface area contributed by atoms with E-state index in [4.69, 9.17) is 10.5 Å². The maximum absolute atomic E-state index is 13.4. The predicted molar refractivity (Wildman–Crippen MR) is 142 cm³/mol. The van der Waals surface area contributed by atoms with Crippen LogP contribution in [0.1, 0.15) is 41.6 Å². The van der Waals surface area contributed by atoms with Crippen molar-refractivity contribution in [2.24, 2.45) is 0 Å². The van der Waals surface area contributed by atoms with E-state index in [0.717, 1.165) is 31.2 Å². The lowest BCUT2D eigenvalue weighted by Gasteiger charge is -2.22. The highest BCUT2D eigenvalue weighted by atomic mass is 32.2.